The van der Waals surface area contributed by atoms with Gasteiger partial charge in [-0.15, -0.1) is 11.3 Å². The molecule has 39 heavy (non-hydrogen) atoms. The smallest absolute Gasteiger partial charge is 0.229 e. The average molecular weight is 550 g/mol. The van der Waals surface area contributed by atoms with Gasteiger partial charge in [-0.1, -0.05) is 12.6 Å². The van der Waals surface area contributed by atoms with Gasteiger partial charge >= 0.3 is 0 Å². The standard InChI is InChI=1S/C31H40FN5OS/c1-4-26(38)18-21-5-8-24(9-6-21)33-30-29-28(13-16-39-29)35-31(36-30)34-25-10-7-23(27(32)19-25)17-22-11-14-37(15-12-22)20(2)3/h4,7,10,13,16,19-22,24H,1,5-6,8-9,11-12,14-15,17-18H2,2-3H3,(H2,33,34,35,36). The van der Waals surface area contributed by atoms with Crippen LogP contribution in [0.15, 0.2) is 42.3 Å². The number of fused-ring (bicyclic) bond motifs is 1. The molecule has 1 aliphatic heterocycles. The predicted octanol–water partition coefficient (Wildman–Crippen LogP) is 7.35. The third-order valence-corrected chi connectivity index (χ3v) is 9.32. The molecule has 8 heteroatoms. The second-order valence-corrected chi connectivity index (χ2v) is 12.4. The molecule has 208 valence electrons. The Morgan fingerprint density at radius 2 is 1.90 bits per heavy atom. The average Bonchev–Trinajstić information content (AvgIpc) is 3.41. The van der Waals surface area contributed by atoms with E-state index in [9.17, 15) is 4.79 Å². The van der Waals surface area contributed by atoms with Crippen LogP contribution in [0, 0.1) is 17.7 Å². The summed E-state index contributed by atoms with van der Waals surface area (Å²) in [4.78, 5) is 23.7. The minimum atomic E-state index is -0.173. The quantitative estimate of drug-likeness (QED) is 0.258. The second-order valence-electron chi connectivity index (χ2n) is 11.5. The van der Waals surface area contributed by atoms with E-state index >= 15 is 4.39 Å². The van der Waals surface area contributed by atoms with E-state index in [0.717, 1.165) is 79.6 Å². The summed E-state index contributed by atoms with van der Waals surface area (Å²) in [6, 6.07) is 8.28. The van der Waals surface area contributed by atoms with E-state index in [1.54, 1.807) is 17.4 Å². The molecule has 0 atom stereocenters. The minimum absolute atomic E-state index is 0.134. The number of aromatic nitrogens is 2. The van der Waals surface area contributed by atoms with Crippen LogP contribution in [0.3, 0.4) is 0 Å². The Labute approximate surface area is 235 Å². The number of ketones is 1. The first-order chi connectivity index (χ1) is 18.9. The molecule has 3 heterocycles. The van der Waals surface area contributed by atoms with Crippen LogP contribution in [0.4, 0.5) is 21.8 Å². The Morgan fingerprint density at radius 1 is 1.13 bits per heavy atom. The van der Waals surface area contributed by atoms with Crippen molar-refractivity contribution in [3.8, 4) is 0 Å². The molecule has 1 saturated carbocycles. The molecule has 0 bridgehead atoms. The van der Waals surface area contributed by atoms with E-state index in [0.29, 0.717) is 42.0 Å². The molecule has 0 radical (unpaired) electrons. The van der Waals surface area contributed by atoms with Gasteiger partial charge in [0.2, 0.25) is 5.95 Å². The Hall–Kier alpha value is -2.84. The highest BCUT2D eigenvalue weighted by molar-refractivity contribution is 7.17. The van der Waals surface area contributed by atoms with Gasteiger partial charge in [0.05, 0.1) is 10.2 Å². The van der Waals surface area contributed by atoms with Gasteiger partial charge in [0.25, 0.3) is 0 Å². The van der Waals surface area contributed by atoms with Crippen molar-refractivity contribution in [2.24, 2.45) is 11.8 Å². The summed E-state index contributed by atoms with van der Waals surface area (Å²) in [6.07, 6.45) is 9.09. The highest BCUT2D eigenvalue weighted by Crippen LogP contribution is 2.33. The lowest BCUT2D eigenvalue weighted by Gasteiger charge is -2.34. The number of piperidine rings is 1. The third-order valence-electron chi connectivity index (χ3n) is 8.41. The molecule has 1 saturated heterocycles. The minimum Gasteiger partial charge on any atom is -0.366 e. The van der Waals surface area contributed by atoms with Crippen molar-refractivity contribution in [3.05, 3.63) is 53.7 Å². The number of benzene rings is 1. The molecule has 6 nitrogen and oxygen atoms in total. The number of carbonyl (C=O) groups excluding carboxylic acids is 1. The van der Waals surface area contributed by atoms with Crippen molar-refractivity contribution in [1.82, 2.24) is 14.9 Å². The van der Waals surface area contributed by atoms with Gasteiger partial charge in [0, 0.05) is 24.2 Å². The zero-order chi connectivity index (χ0) is 27.4. The van der Waals surface area contributed by atoms with Gasteiger partial charge in [-0.05, 0) is 119 Å². The highest BCUT2D eigenvalue weighted by Gasteiger charge is 2.24. The van der Waals surface area contributed by atoms with Gasteiger partial charge in [-0.3, -0.25) is 4.79 Å². The molecule has 2 N–H and O–H groups in total. The molecule has 0 amide bonds. The first kappa shape index (κ1) is 27.7. The third kappa shape index (κ3) is 7.03. The number of likely N-dealkylation sites (tertiary alicyclic amines) is 1. The van der Waals surface area contributed by atoms with Crippen molar-refractivity contribution < 1.29 is 9.18 Å². The Morgan fingerprint density at radius 3 is 2.59 bits per heavy atom. The van der Waals surface area contributed by atoms with Gasteiger partial charge in [-0.2, -0.15) is 4.98 Å². The van der Waals surface area contributed by atoms with Crippen LogP contribution in [0.5, 0.6) is 0 Å². The maximum absolute atomic E-state index is 15.1. The van der Waals surface area contributed by atoms with Crippen LogP contribution in [0.25, 0.3) is 10.2 Å². The monoisotopic (exact) mass is 549 g/mol. The number of nitrogens with one attached hydrogen (secondary N) is 2. The lowest BCUT2D eigenvalue weighted by molar-refractivity contribution is -0.115. The predicted molar refractivity (Wildman–Crippen MR) is 159 cm³/mol. The van der Waals surface area contributed by atoms with Crippen molar-refractivity contribution >= 4 is 44.8 Å². The van der Waals surface area contributed by atoms with Crippen LogP contribution >= 0.6 is 11.3 Å². The maximum atomic E-state index is 15.1. The number of carbonyl (C=O) groups is 1. The van der Waals surface area contributed by atoms with Gasteiger partial charge in [0.15, 0.2) is 5.78 Å². The number of hydrogen-bond acceptors (Lipinski definition) is 7. The van der Waals surface area contributed by atoms with E-state index in [2.05, 4.69) is 40.9 Å². The first-order valence-corrected chi connectivity index (χ1v) is 15.2. The van der Waals surface area contributed by atoms with E-state index in [-0.39, 0.29) is 11.6 Å². The first-order valence-electron chi connectivity index (χ1n) is 14.3. The fraction of sp³-hybridized carbons (Fsp3) is 0.516. The molecule has 2 fully saturated rings. The van der Waals surface area contributed by atoms with Crippen molar-refractivity contribution in [2.45, 2.75) is 77.3 Å². The zero-order valence-corrected chi connectivity index (χ0v) is 23.9. The van der Waals surface area contributed by atoms with Crippen LogP contribution in [0.2, 0.25) is 0 Å². The Kier molecular flexibility index (Phi) is 8.92. The zero-order valence-electron chi connectivity index (χ0n) is 23.1. The molecule has 5 rings (SSSR count). The molecule has 3 aromatic rings. The summed E-state index contributed by atoms with van der Waals surface area (Å²) in [5.74, 6) is 2.20. The van der Waals surface area contributed by atoms with Gasteiger partial charge in [-0.25, -0.2) is 9.37 Å². The van der Waals surface area contributed by atoms with Crippen molar-refractivity contribution in [1.29, 1.82) is 0 Å². The highest BCUT2D eigenvalue weighted by atomic mass is 32.1. The van der Waals surface area contributed by atoms with Crippen LogP contribution in [-0.4, -0.2) is 45.8 Å². The number of hydrogen-bond donors (Lipinski definition) is 2. The van der Waals surface area contributed by atoms with Gasteiger partial charge < -0.3 is 15.5 Å². The molecule has 1 aromatic carbocycles. The van der Waals surface area contributed by atoms with Gasteiger partial charge in [0.1, 0.15) is 11.6 Å². The number of thiophene rings is 1. The molecular weight excluding hydrogens is 509 g/mol. The van der Waals surface area contributed by atoms with Crippen LogP contribution < -0.4 is 10.6 Å². The van der Waals surface area contributed by atoms with E-state index < -0.39 is 0 Å². The molecular formula is C31H40FN5OS. The largest absolute Gasteiger partial charge is 0.366 e. The number of rotatable bonds is 10. The Bertz CT molecular complexity index is 1290. The number of halogens is 1. The lowest BCUT2D eigenvalue weighted by Crippen LogP contribution is -2.38. The number of anilines is 3. The van der Waals surface area contributed by atoms with E-state index in [1.807, 2.05) is 23.6 Å². The number of allylic oxidation sites excluding steroid dienone is 1. The molecule has 2 aromatic heterocycles. The lowest BCUT2D eigenvalue weighted by atomic mass is 9.83. The summed E-state index contributed by atoms with van der Waals surface area (Å²) in [7, 11) is 0. The van der Waals surface area contributed by atoms with Crippen molar-refractivity contribution in [2.75, 3.05) is 23.7 Å². The van der Waals surface area contributed by atoms with E-state index in [4.69, 9.17) is 4.98 Å². The van der Waals surface area contributed by atoms with Crippen LogP contribution in [0.1, 0.15) is 64.4 Å². The van der Waals surface area contributed by atoms with Crippen LogP contribution in [-0.2, 0) is 11.2 Å². The second kappa shape index (κ2) is 12.6. The SMILES string of the molecule is C=CC(=O)CC1CCC(Nc2nc(Nc3ccc(CC4CCN(C(C)C)CC4)c(F)c3)nc3ccsc23)CC1. The Balaban J connectivity index is 1.22. The molecule has 0 unspecified atom stereocenters. The summed E-state index contributed by atoms with van der Waals surface area (Å²) < 4.78 is 16.1. The topological polar surface area (TPSA) is 70.2 Å². The summed E-state index contributed by atoms with van der Waals surface area (Å²) >= 11 is 1.62. The summed E-state index contributed by atoms with van der Waals surface area (Å²) in [5, 5.41) is 8.89. The van der Waals surface area contributed by atoms with Crippen molar-refractivity contribution in [3.63, 3.8) is 0 Å². The summed E-state index contributed by atoms with van der Waals surface area (Å²) in [6.45, 7) is 10.3. The summed E-state index contributed by atoms with van der Waals surface area (Å²) in [5.41, 5.74) is 2.30. The molecule has 0 spiro atoms. The van der Waals surface area contributed by atoms with E-state index in [1.165, 1.54) is 6.08 Å². The molecule has 2 aliphatic rings. The maximum Gasteiger partial charge on any atom is 0.229 e. The fourth-order valence-electron chi connectivity index (χ4n) is 5.99. The number of nitrogens with zero attached hydrogens (tertiary/aromatic N) is 3. The molecule has 1 aliphatic carbocycles. The fourth-order valence-corrected chi connectivity index (χ4v) is 6.78. The normalized spacial score (nSPS) is 20.8.